The molecule has 3 fully saturated rings. The highest BCUT2D eigenvalue weighted by molar-refractivity contribution is 5.93. The molecular formula is C15H21N3O2. The van der Waals surface area contributed by atoms with Crippen molar-refractivity contribution in [3.63, 3.8) is 0 Å². The first-order valence-electron chi connectivity index (χ1n) is 7.77. The number of H-pyrrole nitrogens is 1. The van der Waals surface area contributed by atoms with E-state index in [4.69, 9.17) is 4.74 Å². The molecule has 3 aliphatic rings. The summed E-state index contributed by atoms with van der Waals surface area (Å²) in [4.78, 5) is 12.0. The van der Waals surface area contributed by atoms with Gasteiger partial charge < -0.3 is 10.1 Å². The van der Waals surface area contributed by atoms with Crippen LogP contribution in [-0.2, 0) is 9.53 Å². The second-order valence-corrected chi connectivity index (χ2v) is 6.48. The molecule has 20 heavy (non-hydrogen) atoms. The van der Waals surface area contributed by atoms with Crippen molar-refractivity contribution in [1.29, 1.82) is 0 Å². The van der Waals surface area contributed by atoms with Crippen LogP contribution < -0.4 is 5.32 Å². The Morgan fingerprint density at radius 1 is 1.35 bits per heavy atom. The molecule has 2 N–H and O–H groups in total. The predicted molar refractivity (Wildman–Crippen MR) is 74.4 cm³/mol. The number of nitrogens with one attached hydrogen (secondary N) is 2. The molecule has 1 aromatic rings. The number of fused-ring (bicyclic) bond motifs is 2. The summed E-state index contributed by atoms with van der Waals surface area (Å²) >= 11 is 0. The van der Waals surface area contributed by atoms with E-state index in [2.05, 4.69) is 15.5 Å². The minimum atomic E-state index is -0.294. The molecule has 4 rings (SSSR count). The maximum absolute atomic E-state index is 12.0. The van der Waals surface area contributed by atoms with Crippen molar-refractivity contribution in [3.8, 4) is 0 Å². The maximum atomic E-state index is 12.0. The Bertz CT molecular complexity index is 507. The Balaban J connectivity index is 1.41. The summed E-state index contributed by atoms with van der Waals surface area (Å²) in [6, 6.07) is 2.01. The number of nitrogens with zero attached hydrogens (tertiary/aromatic N) is 1. The second-order valence-electron chi connectivity index (χ2n) is 6.48. The van der Waals surface area contributed by atoms with E-state index in [0.29, 0.717) is 18.3 Å². The summed E-state index contributed by atoms with van der Waals surface area (Å²) in [5, 5.41) is 10.2. The molecule has 5 heteroatoms. The first-order valence-corrected chi connectivity index (χ1v) is 7.77. The van der Waals surface area contributed by atoms with E-state index in [9.17, 15) is 4.79 Å². The minimum absolute atomic E-state index is 0.0616. The third-order valence-electron chi connectivity index (χ3n) is 5.21. The van der Waals surface area contributed by atoms with Crippen LogP contribution in [0.3, 0.4) is 0 Å². The van der Waals surface area contributed by atoms with Gasteiger partial charge in [0, 0.05) is 24.3 Å². The molecule has 3 unspecified atom stereocenters. The Labute approximate surface area is 118 Å². The molecule has 108 valence electrons. The highest BCUT2D eigenvalue weighted by atomic mass is 16.5. The van der Waals surface area contributed by atoms with E-state index in [1.54, 1.807) is 0 Å². The van der Waals surface area contributed by atoms with E-state index in [1.165, 1.54) is 31.4 Å². The van der Waals surface area contributed by atoms with Crippen LogP contribution in [0, 0.1) is 11.8 Å². The standard InChI is InChI=1S/C15H21N3O2/c19-15(13-2-1-5-20-13)16-14-8-12(17-18-14)11-7-9-3-4-10(11)6-9/h8-11,13H,1-7H2,(H2,16,17,18,19)/t9?,10?,11?,13-/m1/s1. The summed E-state index contributed by atoms with van der Waals surface area (Å²) in [6.07, 6.45) is 6.90. The highest BCUT2D eigenvalue weighted by Crippen LogP contribution is 2.52. The van der Waals surface area contributed by atoms with Crippen molar-refractivity contribution in [3.05, 3.63) is 11.8 Å². The Morgan fingerprint density at radius 2 is 2.30 bits per heavy atom. The van der Waals surface area contributed by atoms with E-state index >= 15 is 0 Å². The van der Waals surface area contributed by atoms with E-state index in [-0.39, 0.29) is 12.0 Å². The van der Waals surface area contributed by atoms with Crippen molar-refractivity contribution < 1.29 is 9.53 Å². The zero-order chi connectivity index (χ0) is 13.5. The molecule has 0 radical (unpaired) electrons. The largest absolute Gasteiger partial charge is 0.368 e. The Morgan fingerprint density at radius 3 is 3.00 bits per heavy atom. The predicted octanol–water partition coefficient (Wildman–Crippen LogP) is 2.43. The number of carbonyl (C=O) groups is 1. The van der Waals surface area contributed by atoms with Gasteiger partial charge in [-0.2, -0.15) is 5.10 Å². The molecule has 2 saturated carbocycles. The van der Waals surface area contributed by atoms with Gasteiger partial charge in [0.15, 0.2) is 5.82 Å². The molecule has 1 saturated heterocycles. The summed E-state index contributed by atoms with van der Waals surface area (Å²) < 4.78 is 5.38. The van der Waals surface area contributed by atoms with Crippen LogP contribution in [0.5, 0.6) is 0 Å². The van der Waals surface area contributed by atoms with Crippen LogP contribution >= 0.6 is 0 Å². The number of rotatable bonds is 3. The third kappa shape index (κ3) is 2.14. The molecule has 4 atom stereocenters. The van der Waals surface area contributed by atoms with Crippen molar-refractivity contribution in [2.45, 2.75) is 50.5 Å². The maximum Gasteiger partial charge on any atom is 0.254 e. The van der Waals surface area contributed by atoms with Gasteiger partial charge in [0.05, 0.1) is 0 Å². The van der Waals surface area contributed by atoms with Crippen molar-refractivity contribution in [2.24, 2.45) is 11.8 Å². The fourth-order valence-corrected chi connectivity index (χ4v) is 4.21. The minimum Gasteiger partial charge on any atom is -0.368 e. The monoisotopic (exact) mass is 275 g/mol. The highest BCUT2D eigenvalue weighted by Gasteiger charge is 2.41. The lowest BCUT2D eigenvalue weighted by Crippen LogP contribution is -2.26. The summed E-state index contributed by atoms with van der Waals surface area (Å²) in [5.41, 5.74) is 1.19. The zero-order valence-corrected chi connectivity index (χ0v) is 11.6. The zero-order valence-electron chi connectivity index (χ0n) is 11.6. The van der Waals surface area contributed by atoms with Gasteiger partial charge in [0.25, 0.3) is 5.91 Å². The van der Waals surface area contributed by atoms with Crippen molar-refractivity contribution in [1.82, 2.24) is 10.2 Å². The fourth-order valence-electron chi connectivity index (χ4n) is 4.21. The number of hydrogen-bond donors (Lipinski definition) is 2. The third-order valence-corrected chi connectivity index (χ3v) is 5.21. The van der Waals surface area contributed by atoms with Crippen LogP contribution in [0.4, 0.5) is 5.82 Å². The van der Waals surface area contributed by atoms with Gasteiger partial charge in [-0.3, -0.25) is 9.89 Å². The number of ether oxygens (including phenoxy) is 1. The van der Waals surface area contributed by atoms with Gasteiger partial charge in [-0.05, 0) is 43.9 Å². The average Bonchev–Trinajstić information content (AvgIpc) is 3.22. The van der Waals surface area contributed by atoms with Gasteiger partial charge in [-0.1, -0.05) is 6.42 Å². The smallest absolute Gasteiger partial charge is 0.254 e. The molecule has 5 nitrogen and oxygen atoms in total. The number of aromatic amines is 1. The molecular weight excluding hydrogens is 254 g/mol. The van der Waals surface area contributed by atoms with E-state index in [0.717, 1.165) is 24.7 Å². The molecule has 1 aromatic heterocycles. The Kier molecular flexibility index (Phi) is 3.02. The number of anilines is 1. The van der Waals surface area contributed by atoms with Gasteiger partial charge in [-0.25, -0.2) is 0 Å². The second kappa shape index (κ2) is 4.88. The van der Waals surface area contributed by atoms with Crippen LogP contribution in [-0.4, -0.2) is 28.8 Å². The molecule has 2 bridgehead atoms. The summed E-state index contributed by atoms with van der Waals surface area (Å²) in [5.74, 6) is 2.94. The topological polar surface area (TPSA) is 67.0 Å². The first kappa shape index (κ1) is 12.4. The van der Waals surface area contributed by atoms with Gasteiger partial charge in [0.1, 0.15) is 6.10 Å². The van der Waals surface area contributed by atoms with Gasteiger partial charge in [-0.15, -0.1) is 0 Å². The van der Waals surface area contributed by atoms with Crippen LogP contribution in [0.2, 0.25) is 0 Å². The molecule has 0 spiro atoms. The number of aromatic nitrogens is 2. The normalized spacial score (nSPS) is 35.6. The SMILES string of the molecule is O=C(Nc1cc(C2CC3CCC2C3)[nH]n1)[C@H]1CCCO1. The number of hydrogen-bond acceptors (Lipinski definition) is 3. The average molecular weight is 275 g/mol. The lowest BCUT2D eigenvalue weighted by Gasteiger charge is -2.19. The fraction of sp³-hybridized carbons (Fsp3) is 0.733. The first-order chi connectivity index (χ1) is 9.79. The van der Waals surface area contributed by atoms with Crippen LogP contribution in [0.15, 0.2) is 6.07 Å². The molecule has 0 aromatic carbocycles. The van der Waals surface area contributed by atoms with E-state index < -0.39 is 0 Å². The lowest BCUT2D eigenvalue weighted by atomic mass is 9.86. The van der Waals surface area contributed by atoms with Crippen LogP contribution in [0.1, 0.15) is 50.1 Å². The molecule has 1 amide bonds. The van der Waals surface area contributed by atoms with E-state index in [1.807, 2.05) is 6.07 Å². The van der Waals surface area contributed by atoms with Gasteiger partial charge in [0.2, 0.25) is 0 Å². The summed E-state index contributed by atoms with van der Waals surface area (Å²) in [6.45, 7) is 0.690. The molecule has 2 aliphatic carbocycles. The summed E-state index contributed by atoms with van der Waals surface area (Å²) in [7, 11) is 0. The Hall–Kier alpha value is -1.36. The number of carbonyl (C=O) groups excluding carboxylic acids is 1. The van der Waals surface area contributed by atoms with Crippen molar-refractivity contribution in [2.75, 3.05) is 11.9 Å². The number of amides is 1. The quantitative estimate of drug-likeness (QED) is 0.890. The van der Waals surface area contributed by atoms with Crippen LogP contribution in [0.25, 0.3) is 0 Å². The molecule has 2 heterocycles. The molecule has 1 aliphatic heterocycles. The van der Waals surface area contributed by atoms with Crippen molar-refractivity contribution >= 4 is 11.7 Å². The van der Waals surface area contributed by atoms with Gasteiger partial charge >= 0.3 is 0 Å². The lowest BCUT2D eigenvalue weighted by molar-refractivity contribution is -0.124.